The Morgan fingerprint density at radius 1 is 0.912 bits per heavy atom. The highest BCUT2D eigenvalue weighted by Gasteiger charge is 2.36. The van der Waals surface area contributed by atoms with Gasteiger partial charge in [-0.3, -0.25) is 0 Å². The zero-order chi connectivity index (χ0) is 25.1. The van der Waals surface area contributed by atoms with Crippen molar-refractivity contribution in [1.82, 2.24) is 4.57 Å². The molecule has 0 spiro atoms. The first-order valence-corrected chi connectivity index (χ1v) is 11.4. The smallest absolute Gasteiger partial charge is 0.312 e. The summed E-state index contributed by atoms with van der Waals surface area (Å²) in [6.07, 6.45) is 2.14. The molecule has 0 aliphatic heterocycles. The van der Waals surface area contributed by atoms with E-state index >= 15 is 0 Å². The van der Waals surface area contributed by atoms with Crippen LogP contribution in [0.1, 0.15) is 69.5 Å². The van der Waals surface area contributed by atoms with Gasteiger partial charge in [0.15, 0.2) is 0 Å². The number of hydrogen-bond donors (Lipinski definition) is 0. The van der Waals surface area contributed by atoms with Gasteiger partial charge in [0.05, 0.1) is 28.4 Å². The van der Waals surface area contributed by atoms with E-state index in [1.807, 2.05) is 24.3 Å². The predicted molar refractivity (Wildman–Crippen MR) is 132 cm³/mol. The third kappa shape index (κ3) is 4.18. The Labute approximate surface area is 199 Å². The summed E-state index contributed by atoms with van der Waals surface area (Å²) < 4.78 is 44.2. The van der Waals surface area contributed by atoms with Gasteiger partial charge in [0, 0.05) is 23.1 Å². The van der Waals surface area contributed by atoms with Crippen molar-refractivity contribution >= 4 is 17.0 Å². The predicted octanol–water partition coefficient (Wildman–Crippen LogP) is 8.36. The summed E-state index contributed by atoms with van der Waals surface area (Å²) in [5.74, 6) is 0. The fourth-order valence-corrected chi connectivity index (χ4v) is 4.47. The minimum atomic E-state index is -4.59. The SMILES string of the molecule is CC(C)(C)C1=Cc2c(n(-c3ccc(C#N)cc3C(F)(F)F)c3ccc(C(C)(C)C)cc23)CC=C1. The highest BCUT2D eigenvalue weighted by atomic mass is 19.4. The second-order valence-electron chi connectivity index (χ2n) is 11.0. The summed E-state index contributed by atoms with van der Waals surface area (Å²) >= 11 is 0. The summed E-state index contributed by atoms with van der Waals surface area (Å²) in [5, 5.41) is 10.2. The number of nitrogens with zero attached hydrogens (tertiary/aromatic N) is 2. The lowest BCUT2D eigenvalue weighted by Crippen LogP contribution is -2.13. The minimum absolute atomic E-state index is 0.0107. The molecule has 0 atom stereocenters. The number of hydrogen-bond acceptors (Lipinski definition) is 1. The summed E-state index contributed by atoms with van der Waals surface area (Å²) in [6, 6.07) is 11.7. The maximum Gasteiger partial charge on any atom is 0.418 e. The van der Waals surface area contributed by atoms with E-state index in [4.69, 9.17) is 0 Å². The fraction of sp³-hybridized carbons (Fsp3) is 0.345. The quantitative estimate of drug-likeness (QED) is 0.357. The Balaban J connectivity index is 2.14. The lowest BCUT2D eigenvalue weighted by Gasteiger charge is -2.21. The van der Waals surface area contributed by atoms with Gasteiger partial charge in [-0.25, -0.2) is 0 Å². The molecule has 1 aliphatic rings. The molecule has 0 fully saturated rings. The van der Waals surface area contributed by atoms with E-state index in [9.17, 15) is 18.4 Å². The second kappa shape index (κ2) is 7.91. The van der Waals surface area contributed by atoms with Crippen LogP contribution < -0.4 is 0 Å². The Kier molecular flexibility index (Phi) is 5.55. The van der Waals surface area contributed by atoms with Crippen LogP contribution in [0.25, 0.3) is 22.7 Å². The van der Waals surface area contributed by atoms with Gasteiger partial charge in [-0.2, -0.15) is 18.4 Å². The molecule has 1 aliphatic carbocycles. The number of benzene rings is 2. The van der Waals surface area contributed by atoms with Gasteiger partial charge in [0.1, 0.15) is 0 Å². The summed E-state index contributed by atoms with van der Waals surface area (Å²) in [6.45, 7) is 12.8. The largest absolute Gasteiger partial charge is 0.418 e. The molecule has 5 heteroatoms. The van der Waals surface area contributed by atoms with Crippen LogP contribution in [0.15, 0.2) is 54.1 Å². The van der Waals surface area contributed by atoms with E-state index in [0.717, 1.165) is 39.4 Å². The van der Waals surface area contributed by atoms with Crippen molar-refractivity contribution in [3.63, 3.8) is 0 Å². The summed E-state index contributed by atoms with van der Waals surface area (Å²) in [7, 11) is 0. The maximum absolute atomic E-state index is 14.2. The first-order valence-electron chi connectivity index (χ1n) is 11.4. The van der Waals surface area contributed by atoms with Crippen molar-refractivity contribution in [2.45, 2.75) is 59.6 Å². The molecule has 2 aromatic carbocycles. The lowest BCUT2D eigenvalue weighted by molar-refractivity contribution is -0.137. The molecule has 0 saturated carbocycles. The highest BCUT2D eigenvalue weighted by molar-refractivity contribution is 5.94. The Bertz CT molecular complexity index is 1380. The summed E-state index contributed by atoms with van der Waals surface area (Å²) in [5.41, 5.74) is 3.76. The standard InChI is InChI=1S/C29H29F3N2/c1-27(2,3)19-8-7-9-24-21(15-19)22-16-20(28(4,5)6)11-13-25(22)34(24)26-12-10-18(17-33)14-23(26)29(30,31)32/h7-8,10-16H,9H2,1-6H3. The van der Waals surface area contributed by atoms with E-state index in [2.05, 4.69) is 59.8 Å². The number of aromatic nitrogens is 1. The average molecular weight is 463 g/mol. The van der Waals surface area contributed by atoms with Gasteiger partial charge in [-0.05, 0) is 58.4 Å². The van der Waals surface area contributed by atoms with Crippen LogP contribution in [-0.2, 0) is 18.0 Å². The third-order valence-electron chi connectivity index (χ3n) is 6.42. The molecule has 3 aromatic rings. The summed E-state index contributed by atoms with van der Waals surface area (Å²) in [4.78, 5) is 0. The number of alkyl halides is 3. The van der Waals surface area contributed by atoms with Crippen molar-refractivity contribution < 1.29 is 13.2 Å². The molecular formula is C29H29F3N2. The molecule has 176 valence electrons. The molecule has 1 heterocycles. The zero-order valence-corrected chi connectivity index (χ0v) is 20.4. The van der Waals surface area contributed by atoms with Crippen LogP contribution >= 0.6 is 0 Å². The van der Waals surface area contributed by atoms with Gasteiger partial charge >= 0.3 is 6.18 Å². The lowest BCUT2D eigenvalue weighted by atomic mass is 9.84. The first kappa shape index (κ1) is 23.9. The molecule has 2 nitrogen and oxygen atoms in total. The minimum Gasteiger partial charge on any atom is -0.312 e. The van der Waals surface area contributed by atoms with E-state index in [1.54, 1.807) is 4.57 Å². The van der Waals surface area contributed by atoms with Crippen molar-refractivity contribution in [1.29, 1.82) is 5.26 Å². The van der Waals surface area contributed by atoms with E-state index in [-0.39, 0.29) is 22.1 Å². The van der Waals surface area contributed by atoms with Crippen molar-refractivity contribution in [2.75, 3.05) is 0 Å². The average Bonchev–Trinajstić information content (AvgIpc) is 2.87. The Hall–Kier alpha value is -3.26. The van der Waals surface area contributed by atoms with Crippen molar-refractivity contribution in [3.05, 3.63) is 82.1 Å². The molecule has 0 bridgehead atoms. The normalized spacial score (nSPS) is 14.5. The monoisotopic (exact) mass is 462 g/mol. The number of fused-ring (bicyclic) bond motifs is 3. The second-order valence-corrected chi connectivity index (χ2v) is 11.0. The van der Waals surface area contributed by atoms with E-state index < -0.39 is 11.7 Å². The molecule has 0 radical (unpaired) electrons. The molecule has 4 rings (SSSR count). The molecule has 34 heavy (non-hydrogen) atoms. The van der Waals surface area contributed by atoms with E-state index in [1.165, 1.54) is 12.1 Å². The molecule has 0 unspecified atom stereocenters. The fourth-order valence-electron chi connectivity index (χ4n) is 4.47. The van der Waals surface area contributed by atoms with Crippen molar-refractivity contribution in [2.24, 2.45) is 5.41 Å². The molecule has 0 N–H and O–H groups in total. The zero-order valence-electron chi connectivity index (χ0n) is 20.4. The Morgan fingerprint density at radius 3 is 2.21 bits per heavy atom. The third-order valence-corrected chi connectivity index (χ3v) is 6.42. The van der Waals surface area contributed by atoms with Gasteiger partial charge in [0.25, 0.3) is 0 Å². The van der Waals surface area contributed by atoms with Gasteiger partial charge in [-0.15, -0.1) is 0 Å². The van der Waals surface area contributed by atoms with Crippen LogP contribution in [0.2, 0.25) is 0 Å². The maximum atomic E-state index is 14.2. The molecular weight excluding hydrogens is 433 g/mol. The van der Waals surface area contributed by atoms with Gasteiger partial charge < -0.3 is 4.57 Å². The highest BCUT2D eigenvalue weighted by Crippen LogP contribution is 2.42. The molecule has 1 aromatic heterocycles. The van der Waals surface area contributed by atoms with E-state index in [0.29, 0.717) is 6.42 Å². The topological polar surface area (TPSA) is 28.7 Å². The van der Waals surface area contributed by atoms with Crippen LogP contribution in [0, 0.1) is 16.7 Å². The van der Waals surface area contributed by atoms with Crippen molar-refractivity contribution in [3.8, 4) is 11.8 Å². The van der Waals surface area contributed by atoms with Gasteiger partial charge in [-0.1, -0.05) is 59.8 Å². The Morgan fingerprint density at radius 2 is 1.62 bits per heavy atom. The van der Waals surface area contributed by atoms with Gasteiger partial charge in [0.2, 0.25) is 0 Å². The number of halogens is 3. The van der Waals surface area contributed by atoms with Crippen LogP contribution in [0.4, 0.5) is 13.2 Å². The number of nitriles is 1. The molecule has 0 amide bonds. The van der Waals surface area contributed by atoms with Crippen LogP contribution in [0.3, 0.4) is 0 Å². The number of allylic oxidation sites excluding steroid dienone is 3. The number of rotatable bonds is 1. The first-order chi connectivity index (χ1) is 15.7. The molecule has 0 saturated heterocycles. The van der Waals surface area contributed by atoms with Crippen LogP contribution in [0.5, 0.6) is 0 Å². The van der Waals surface area contributed by atoms with Crippen LogP contribution in [-0.4, -0.2) is 4.57 Å².